The number of rotatable bonds is 3. The van der Waals surface area contributed by atoms with Crippen molar-refractivity contribution in [3.05, 3.63) is 46.9 Å². The summed E-state index contributed by atoms with van der Waals surface area (Å²) in [6.07, 6.45) is 2.15. The number of hydrogen-bond acceptors (Lipinski definition) is 4. The molecule has 2 aromatic rings. The Morgan fingerprint density at radius 3 is 3.05 bits per heavy atom. The molecule has 1 aromatic carbocycles. The minimum atomic E-state index is 0.241. The van der Waals surface area contributed by atoms with E-state index >= 15 is 0 Å². The van der Waals surface area contributed by atoms with Gasteiger partial charge < -0.3 is 9.84 Å². The topological polar surface area (TPSA) is 32.7 Å². The molecule has 0 saturated heterocycles. The lowest BCUT2D eigenvalue weighted by atomic mass is 10.1. The van der Waals surface area contributed by atoms with E-state index in [0.29, 0.717) is 12.4 Å². The Morgan fingerprint density at radius 2 is 2.32 bits per heavy atom. The number of ether oxygens (including phenoxy) is 1. The number of aromatic hydroxyl groups is 1. The second kappa shape index (κ2) is 6.55. The summed E-state index contributed by atoms with van der Waals surface area (Å²) in [6.45, 7) is 7.42. The summed E-state index contributed by atoms with van der Waals surface area (Å²) in [5, 5.41) is 12.4. The van der Waals surface area contributed by atoms with Crippen LogP contribution in [-0.4, -0.2) is 29.7 Å². The van der Waals surface area contributed by atoms with Gasteiger partial charge in [0.05, 0.1) is 0 Å². The molecule has 1 aromatic heterocycles. The van der Waals surface area contributed by atoms with Crippen molar-refractivity contribution in [2.45, 2.75) is 20.4 Å². The van der Waals surface area contributed by atoms with Gasteiger partial charge in [-0.05, 0) is 43.0 Å². The van der Waals surface area contributed by atoms with Crippen LogP contribution in [0.1, 0.15) is 19.4 Å². The molecule has 3 nitrogen and oxygen atoms in total. The summed E-state index contributed by atoms with van der Waals surface area (Å²) < 4.78 is 5.79. The number of fused-ring (bicyclic) bond motifs is 1. The summed E-state index contributed by atoms with van der Waals surface area (Å²) >= 11 is 1.68. The molecule has 0 fully saturated rings. The first-order valence-electron chi connectivity index (χ1n) is 7.54. The maximum atomic E-state index is 10.3. The van der Waals surface area contributed by atoms with Crippen molar-refractivity contribution in [3.8, 4) is 21.9 Å². The number of nitrogens with zero attached hydrogens (tertiary/aromatic N) is 1. The lowest BCUT2D eigenvalue weighted by Gasteiger charge is -2.19. The van der Waals surface area contributed by atoms with Gasteiger partial charge in [-0.25, -0.2) is 0 Å². The molecule has 0 radical (unpaired) electrons. The van der Waals surface area contributed by atoms with Gasteiger partial charge in [0.1, 0.15) is 6.61 Å². The molecule has 0 aliphatic carbocycles. The van der Waals surface area contributed by atoms with Crippen LogP contribution in [0.3, 0.4) is 0 Å². The van der Waals surface area contributed by atoms with Crippen LogP contribution in [0.25, 0.3) is 10.4 Å². The van der Waals surface area contributed by atoms with E-state index in [0.717, 1.165) is 30.8 Å². The fraction of sp³-hybridized carbons (Fsp3) is 0.333. The van der Waals surface area contributed by atoms with Crippen molar-refractivity contribution < 1.29 is 9.84 Å². The number of allylic oxidation sites excluding steroid dienone is 1. The second-order valence-electron chi connectivity index (χ2n) is 5.66. The summed E-state index contributed by atoms with van der Waals surface area (Å²) in [7, 11) is 0. The normalized spacial score (nSPS) is 16.0. The molecular formula is C18H21NO2S. The van der Waals surface area contributed by atoms with Crippen LogP contribution in [-0.2, 0) is 6.54 Å². The van der Waals surface area contributed by atoms with E-state index in [9.17, 15) is 5.11 Å². The first-order chi connectivity index (χ1) is 10.7. The number of benzene rings is 1. The number of hydrogen-bond donors (Lipinski definition) is 1. The van der Waals surface area contributed by atoms with Gasteiger partial charge >= 0.3 is 0 Å². The minimum absolute atomic E-state index is 0.241. The number of phenolic OH excluding ortho intramolecular Hbond substituents is 1. The van der Waals surface area contributed by atoms with Crippen molar-refractivity contribution in [2.24, 2.45) is 0 Å². The zero-order valence-corrected chi connectivity index (χ0v) is 13.8. The SMILES string of the molecule is C/C=C(\C)CN1CCOc2c(O)cc(-c3cccs3)cc2C1. The molecule has 0 bridgehead atoms. The third-order valence-corrected chi connectivity index (χ3v) is 4.88. The van der Waals surface area contributed by atoms with E-state index < -0.39 is 0 Å². The van der Waals surface area contributed by atoms with Crippen molar-refractivity contribution in [2.75, 3.05) is 19.7 Å². The van der Waals surface area contributed by atoms with Gasteiger partial charge in [-0.2, -0.15) is 0 Å². The molecule has 2 heterocycles. The van der Waals surface area contributed by atoms with Crippen molar-refractivity contribution in [3.63, 3.8) is 0 Å². The molecule has 0 spiro atoms. The van der Waals surface area contributed by atoms with Crippen LogP contribution in [0.2, 0.25) is 0 Å². The average Bonchev–Trinajstić information content (AvgIpc) is 2.96. The fourth-order valence-corrected chi connectivity index (χ4v) is 3.43. The Hall–Kier alpha value is -1.78. The molecule has 4 heteroatoms. The van der Waals surface area contributed by atoms with E-state index in [2.05, 4.69) is 42.3 Å². The van der Waals surface area contributed by atoms with E-state index in [-0.39, 0.29) is 5.75 Å². The van der Waals surface area contributed by atoms with Crippen molar-refractivity contribution in [1.29, 1.82) is 0 Å². The van der Waals surface area contributed by atoms with Gasteiger partial charge in [-0.3, -0.25) is 4.90 Å². The van der Waals surface area contributed by atoms with E-state index in [1.165, 1.54) is 10.5 Å². The van der Waals surface area contributed by atoms with Crippen LogP contribution >= 0.6 is 11.3 Å². The Labute approximate surface area is 135 Å². The van der Waals surface area contributed by atoms with Gasteiger partial charge in [-0.15, -0.1) is 11.3 Å². The molecule has 0 amide bonds. The maximum absolute atomic E-state index is 10.3. The first-order valence-corrected chi connectivity index (χ1v) is 8.42. The zero-order chi connectivity index (χ0) is 15.5. The lowest BCUT2D eigenvalue weighted by Crippen LogP contribution is -2.27. The molecule has 22 heavy (non-hydrogen) atoms. The minimum Gasteiger partial charge on any atom is -0.504 e. The van der Waals surface area contributed by atoms with Gasteiger partial charge in [0.2, 0.25) is 0 Å². The quantitative estimate of drug-likeness (QED) is 0.858. The molecule has 116 valence electrons. The van der Waals surface area contributed by atoms with E-state index in [1.807, 2.05) is 6.07 Å². The van der Waals surface area contributed by atoms with Crippen LogP contribution in [0.15, 0.2) is 41.3 Å². The lowest BCUT2D eigenvalue weighted by molar-refractivity contribution is 0.235. The predicted molar refractivity (Wildman–Crippen MR) is 91.6 cm³/mol. The van der Waals surface area contributed by atoms with Gasteiger partial charge in [0.25, 0.3) is 0 Å². The fourth-order valence-electron chi connectivity index (χ4n) is 2.72. The summed E-state index contributed by atoms with van der Waals surface area (Å²) in [5.74, 6) is 0.881. The Balaban J connectivity index is 1.93. The summed E-state index contributed by atoms with van der Waals surface area (Å²) in [4.78, 5) is 3.53. The summed E-state index contributed by atoms with van der Waals surface area (Å²) in [5.41, 5.74) is 3.46. The van der Waals surface area contributed by atoms with Gasteiger partial charge in [0.15, 0.2) is 11.5 Å². The third kappa shape index (κ3) is 3.18. The third-order valence-electron chi connectivity index (χ3n) is 3.97. The Morgan fingerprint density at radius 1 is 1.45 bits per heavy atom. The zero-order valence-electron chi connectivity index (χ0n) is 13.0. The second-order valence-corrected chi connectivity index (χ2v) is 6.60. The highest BCUT2D eigenvalue weighted by Crippen LogP contribution is 2.38. The van der Waals surface area contributed by atoms with Crippen molar-refractivity contribution in [1.82, 2.24) is 4.90 Å². The van der Waals surface area contributed by atoms with Crippen LogP contribution < -0.4 is 4.74 Å². The Kier molecular flexibility index (Phi) is 4.50. The molecule has 3 rings (SSSR count). The monoisotopic (exact) mass is 315 g/mol. The molecule has 1 aliphatic rings. The molecule has 1 aliphatic heterocycles. The number of thiophene rings is 1. The van der Waals surface area contributed by atoms with Gasteiger partial charge in [-0.1, -0.05) is 17.7 Å². The highest BCUT2D eigenvalue weighted by atomic mass is 32.1. The maximum Gasteiger partial charge on any atom is 0.165 e. The first kappa shape index (κ1) is 15.1. The van der Waals surface area contributed by atoms with Crippen molar-refractivity contribution >= 4 is 11.3 Å². The summed E-state index contributed by atoms with van der Waals surface area (Å²) in [6, 6.07) is 8.05. The number of phenols is 1. The largest absolute Gasteiger partial charge is 0.504 e. The molecule has 0 saturated carbocycles. The smallest absolute Gasteiger partial charge is 0.165 e. The predicted octanol–water partition coefficient (Wildman–Crippen LogP) is 4.28. The molecule has 0 atom stereocenters. The molecule has 1 N–H and O–H groups in total. The van der Waals surface area contributed by atoms with Crippen LogP contribution in [0, 0.1) is 0 Å². The van der Waals surface area contributed by atoms with Gasteiger partial charge in [0, 0.05) is 30.1 Å². The highest BCUT2D eigenvalue weighted by molar-refractivity contribution is 7.13. The van der Waals surface area contributed by atoms with E-state index in [4.69, 9.17) is 4.74 Å². The van der Waals surface area contributed by atoms with Crippen LogP contribution in [0.4, 0.5) is 0 Å². The average molecular weight is 315 g/mol. The standard InChI is InChI=1S/C18H21NO2S/c1-3-13(2)11-19-6-7-21-18-15(12-19)9-14(10-16(18)20)17-5-4-8-22-17/h3-5,8-10,20H,6-7,11-12H2,1-2H3/b13-3+. The van der Waals surface area contributed by atoms with Crippen LogP contribution in [0.5, 0.6) is 11.5 Å². The molecular weight excluding hydrogens is 294 g/mol. The van der Waals surface area contributed by atoms with E-state index in [1.54, 1.807) is 17.4 Å². The molecule has 0 unspecified atom stereocenters. The Bertz CT molecular complexity index is 677. The highest BCUT2D eigenvalue weighted by Gasteiger charge is 2.20.